The van der Waals surface area contributed by atoms with E-state index in [4.69, 9.17) is 9.47 Å². The second kappa shape index (κ2) is 8.23. The molecule has 4 aliphatic heterocycles. The maximum atomic E-state index is 13.1. The molecule has 4 rings (SSSR count). The summed E-state index contributed by atoms with van der Waals surface area (Å²) in [6.45, 7) is 7.79. The first kappa shape index (κ1) is 21.4. The van der Waals surface area contributed by atoms with Crippen LogP contribution in [0.5, 0.6) is 0 Å². The first-order chi connectivity index (χ1) is 13.1. The topological polar surface area (TPSA) is 89.9 Å². The zero-order valence-electron chi connectivity index (χ0n) is 17.5. The predicted molar refractivity (Wildman–Crippen MR) is 102 cm³/mol. The Balaban J connectivity index is 1.96. The fraction of sp³-hybridized carbons (Fsp3) is 0.864. The summed E-state index contributed by atoms with van der Waals surface area (Å²) in [5.41, 5.74) is -0.530. The maximum Gasteiger partial charge on any atom is 0.316 e. The van der Waals surface area contributed by atoms with E-state index < -0.39 is 47.6 Å². The second-order valence-corrected chi connectivity index (χ2v) is 9.47. The standard InChI is InChI=1S/C22H34O6/c1-5-6-14-17-10-16(23)13(3)19(24)18-9-12(2)11-22(4,28-18)8-7-15(20(14)25)21(26)27-17/h12-15,17-19,24H,5-11H2,1-4H3. The minimum absolute atomic E-state index is 0.0212. The van der Waals surface area contributed by atoms with Crippen molar-refractivity contribution in [2.24, 2.45) is 23.7 Å². The lowest BCUT2D eigenvalue weighted by Gasteiger charge is -2.44. The Morgan fingerprint density at radius 2 is 1.89 bits per heavy atom. The van der Waals surface area contributed by atoms with Gasteiger partial charge in [-0.25, -0.2) is 0 Å². The smallest absolute Gasteiger partial charge is 0.316 e. The molecule has 4 saturated heterocycles. The van der Waals surface area contributed by atoms with Crippen molar-refractivity contribution in [1.82, 2.24) is 0 Å². The van der Waals surface area contributed by atoms with Crippen molar-refractivity contribution in [2.75, 3.05) is 0 Å². The average Bonchev–Trinajstić information content (AvgIpc) is 2.62. The van der Waals surface area contributed by atoms with E-state index in [9.17, 15) is 19.5 Å². The summed E-state index contributed by atoms with van der Waals surface area (Å²) in [7, 11) is 0. The molecule has 6 heteroatoms. The summed E-state index contributed by atoms with van der Waals surface area (Å²) in [4.78, 5) is 38.6. The molecular formula is C22H34O6. The third-order valence-electron chi connectivity index (χ3n) is 6.93. The van der Waals surface area contributed by atoms with Crippen molar-refractivity contribution in [3.8, 4) is 0 Å². The number of carbonyl (C=O) groups excluding carboxylic acids is 3. The van der Waals surface area contributed by atoms with Crippen LogP contribution in [0.1, 0.15) is 72.6 Å². The lowest BCUT2D eigenvalue weighted by molar-refractivity contribution is -0.184. The van der Waals surface area contributed by atoms with E-state index in [0.29, 0.717) is 31.6 Å². The summed E-state index contributed by atoms with van der Waals surface area (Å²) in [5.74, 6) is -2.29. The van der Waals surface area contributed by atoms with E-state index >= 15 is 0 Å². The molecule has 1 N–H and O–H groups in total. The van der Waals surface area contributed by atoms with Crippen molar-refractivity contribution in [3.63, 3.8) is 0 Å². The number of ether oxygens (including phenoxy) is 2. The predicted octanol–water partition coefficient (Wildman–Crippen LogP) is 2.84. The monoisotopic (exact) mass is 394 g/mol. The Morgan fingerprint density at radius 1 is 1.18 bits per heavy atom. The third kappa shape index (κ3) is 4.18. The van der Waals surface area contributed by atoms with Crippen LogP contribution in [0.2, 0.25) is 0 Å². The second-order valence-electron chi connectivity index (χ2n) is 9.47. The molecule has 0 spiro atoms. The molecular weight excluding hydrogens is 360 g/mol. The molecule has 0 saturated carbocycles. The quantitative estimate of drug-likeness (QED) is 0.572. The van der Waals surface area contributed by atoms with Gasteiger partial charge in [-0.1, -0.05) is 27.2 Å². The molecule has 0 aromatic carbocycles. The Bertz CT molecular complexity index is 631. The Hall–Kier alpha value is -1.27. The van der Waals surface area contributed by atoms with Gasteiger partial charge in [0.2, 0.25) is 0 Å². The summed E-state index contributed by atoms with van der Waals surface area (Å²) in [6, 6.07) is 0. The summed E-state index contributed by atoms with van der Waals surface area (Å²) < 4.78 is 11.9. The molecule has 4 aliphatic rings. The van der Waals surface area contributed by atoms with Gasteiger partial charge in [-0.15, -0.1) is 0 Å². The number of ketones is 2. The summed E-state index contributed by atoms with van der Waals surface area (Å²) in [5, 5.41) is 10.9. The van der Waals surface area contributed by atoms with Gasteiger partial charge in [0.1, 0.15) is 17.8 Å². The first-order valence-corrected chi connectivity index (χ1v) is 10.8. The minimum atomic E-state index is -0.899. The van der Waals surface area contributed by atoms with E-state index in [1.165, 1.54) is 0 Å². The molecule has 0 aromatic heterocycles. The van der Waals surface area contributed by atoms with Crippen LogP contribution in [0.3, 0.4) is 0 Å². The van der Waals surface area contributed by atoms with Crippen LogP contribution in [-0.4, -0.2) is 46.6 Å². The molecule has 158 valence electrons. The van der Waals surface area contributed by atoms with Crippen molar-refractivity contribution in [2.45, 2.75) is 96.6 Å². The molecule has 4 fully saturated rings. The van der Waals surface area contributed by atoms with Crippen molar-refractivity contribution in [1.29, 1.82) is 0 Å². The highest BCUT2D eigenvalue weighted by Crippen LogP contribution is 2.41. The molecule has 4 heterocycles. The number of fused-ring (bicyclic) bond motifs is 6. The molecule has 28 heavy (non-hydrogen) atoms. The van der Waals surface area contributed by atoms with E-state index in [1.54, 1.807) is 6.92 Å². The van der Waals surface area contributed by atoms with Gasteiger partial charge in [-0.2, -0.15) is 0 Å². The van der Waals surface area contributed by atoms with Gasteiger partial charge in [0.05, 0.1) is 23.7 Å². The highest BCUT2D eigenvalue weighted by atomic mass is 16.5. The normalized spacial score (nSPS) is 45.0. The highest BCUT2D eigenvalue weighted by molar-refractivity contribution is 6.02. The zero-order valence-corrected chi connectivity index (χ0v) is 17.5. The zero-order chi connectivity index (χ0) is 20.6. The van der Waals surface area contributed by atoms with Crippen molar-refractivity contribution >= 4 is 17.5 Å². The molecule has 6 nitrogen and oxygen atoms in total. The number of Topliss-reactive ketones (excluding diaryl/α,β-unsaturated/α-hetero) is 2. The van der Waals surface area contributed by atoms with E-state index in [-0.39, 0.29) is 18.0 Å². The number of aliphatic hydroxyl groups is 1. The van der Waals surface area contributed by atoms with Gasteiger partial charge in [0.25, 0.3) is 0 Å². The SMILES string of the molecule is CCCC1C(=O)C2CCC3(C)CC(C)CC(O3)C(O)C(C)C(=O)CC1OC2=O. The minimum Gasteiger partial charge on any atom is -0.461 e. The lowest BCUT2D eigenvalue weighted by Crippen LogP contribution is -2.49. The van der Waals surface area contributed by atoms with E-state index in [2.05, 4.69) is 6.92 Å². The Kier molecular flexibility index (Phi) is 6.30. The van der Waals surface area contributed by atoms with E-state index in [0.717, 1.165) is 12.8 Å². The van der Waals surface area contributed by atoms with Gasteiger partial charge in [0.15, 0.2) is 5.78 Å². The molecule has 4 bridgehead atoms. The lowest BCUT2D eigenvalue weighted by atomic mass is 9.77. The number of hydrogen-bond donors (Lipinski definition) is 1. The fourth-order valence-corrected chi connectivity index (χ4v) is 5.35. The molecule has 0 amide bonds. The van der Waals surface area contributed by atoms with Gasteiger partial charge < -0.3 is 14.6 Å². The van der Waals surface area contributed by atoms with Crippen LogP contribution in [0.15, 0.2) is 0 Å². The molecule has 8 atom stereocenters. The summed E-state index contributed by atoms with van der Waals surface area (Å²) in [6.07, 6.45) is 1.78. The van der Waals surface area contributed by atoms with Crippen LogP contribution < -0.4 is 0 Å². The Morgan fingerprint density at radius 3 is 2.57 bits per heavy atom. The highest BCUT2D eigenvalue weighted by Gasteiger charge is 2.48. The molecule has 0 aliphatic carbocycles. The largest absolute Gasteiger partial charge is 0.461 e. The molecule has 0 aromatic rings. The first-order valence-electron chi connectivity index (χ1n) is 10.8. The van der Waals surface area contributed by atoms with Gasteiger partial charge in [-0.3, -0.25) is 14.4 Å². The third-order valence-corrected chi connectivity index (χ3v) is 6.93. The maximum absolute atomic E-state index is 13.1. The number of aliphatic hydroxyl groups excluding tert-OH is 1. The van der Waals surface area contributed by atoms with Crippen LogP contribution in [0, 0.1) is 23.7 Å². The number of hydrogen-bond acceptors (Lipinski definition) is 6. The van der Waals surface area contributed by atoms with Gasteiger partial charge >= 0.3 is 5.97 Å². The number of esters is 1. The van der Waals surface area contributed by atoms with Crippen LogP contribution >= 0.6 is 0 Å². The van der Waals surface area contributed by atoms with Crippen LogP contribution in [-0.2, 0) is 23.9 Å². The number of rotatable bonds is 2. The van der Waals surface area contributed by atoms with Crippen LogP contribution in [0.4, 0.5) is 0 Å². The van der Waals surface area contributed by atoms with Gasteiger partial charge in [0, 0.05) is 12.3 Å². The van der Waals surface area contributed by atoms with Crippen LogP contribution in [0.25, 0.3) is 0 Å². The van der Waals surface area contributed by atoms with Crippen molar-refractivity contribution in [3.05, 3.63) is 0 Å². The Labute approximate surface area is 167 Å². The van der Waals surface area contributed by atoms with Gasteiger partial charge in [-0.05, 0) is 44.9 Å². The molecule has 0 radical (unpaired) electrons. The summed E-state index contributed by atoms with van der Waals surface area (Å²) >= 11 is 0. The fourth-order valence-electron chi connectivity index (χ4n) is 5.35. The average molecular weight is 395 g/mol. The molecule has 8 unspecified atom stereocenters. The van der Waals surface area contributed by atoms with E-state index in [1.807, 2.05) is 13.8 Å². The van der Waals surface area contributed by atoms with Crippen molar-refractivity contribution < 1.29 is 29.0 Å². The number of carbonyl (C=O) groups is 3.